The fraction of sp³-hybridized carbons (Fsp3) is 0.500. The number of benzene rings is 1. The van der Waals surface area contributed by atoms with Gasteiger partial charge in [-0.05, 0) is 37.5 Å². The Kier molecular flexibility index (Phi) is 5.75. The summed E-state index contributed by atoms with van der Waals surface area (Å²) in [4.78, 5) is 25.5. The minimum absolute atomic E-state index is 0.0849. The third-order valence-corrected chi connectivity index (χ3v) is 3.70. The molecule has 22 heavy (non-hydrogen) atoms. The monoisotopic (exact) mass is 308 g/mol. The van der Waals surface area contributed by atoms with Crippen molar-refractivity contribution in [3.8, 4) is 0 Å². The Morgan fingerprint density at radius 2 is 2.09 bits per heavy atom. The van der Waals surface area contributed by atoms with E-state index < -0.39 is 0 Å². The number of hydrogen-bond donors (Lipinski definition) is 1. The molecule has 2 amide bonds. The van der Waals surface area contributed by atoms with Crippen LogP contribution in [-0.4, -0.2) is 36.6 Å². The predicted molar refractivity (Wildman–Crippen MR) is 79.6 cm³/mol. The highest BCUT2D eigenvalue weighted by Crippen LogP contribution is 2.17. The number of nitrogens with one attached hydrogen (secondary N) is 1. The van der Waals surface area contributed by atoms with E-state index in [4.69, 9.17) is 4.74 Å². The molecule has 6 heteroatoms. The van der Waals surface area contributed by atoms with Gasteiger partial charge in [0.05, 0.1) is 12.5 Å². The number of nitrogens with zero attached hydrogens (tertiary/aromatic N) is 1. The van der Waals surface area contributed by atoms with Crippen molar-refractivity contribution >= 4 is 12.0 Å². The molecular weight excluding hydrogens is 287 g/mol. The van der Waals surface area contributed by atoms with Crippen molar-refractivity contribution < 1.29 is 18.7 Å². The quantitative estimate of drug-likeness (QED) is 0.928. The topological polar surface area (TPSA) is 58.6 Å². The molecule has 1 aromatic rings. The number of carbonyl (C=O) groups excluding carboxylic acids is 2. The summed E-state index contributed by atoms with van der Waals surface area (Å²) in [5.41, 5.74) is 0.841. The van der Waals surface area contributed by atoms with E-state index in [1.54, 1.807) is 24.0 Å². The Morgan fingerprint density at radius 3 is 2.77 bits per heavy atom. The number of ether oxygens (including phenoxy) is 1. The molecule has 1 aliphatic heterocycles. The standard InChI is InChI=1S/C16H21FN2O3/c1-2-22-16(21)19-9-3-4-13(11-19)15(20)18-10-12-5-7-14(17)8-6-12/h5-8,13H,2-4,9-11H2,1H3,(H,18,20)/t13-/m1/s1. The summed E-state index contributed by atoms with van der Waals surface area (Å²) in [6, 6.07) is 6.01. The lowest BCUT2D eigenvalue weighted by molar-refractivity contribution is -0.126. The first-order valence-corrected chi connectivity index (χ1v) is 7.54. The maximum Gasteiger partial charge on any atom is 0.409 e. The molecule has 1 aliphatic rings. The van der Waals surface area contributed by atoms with Gasteiger partial charge in [0.2, 0.25) is 5.91 Å². The third-order valence-electron chi connectivity index (χ3n) is 3.70. The van der Waals surface area contributed by atoms with Crippen molar-refractivity contribution in [1.29, 1.82) is 0 Å². The van der Waals surface area contributed by atoms with E-state index in [2.05, 4.69) is 5.32 Å². The van der Waals surface area contributed by atoms with Gasteiger partial charge < -0.3 is 15.0 Å². The van der Waals surface area contributed by atoms with Gasteiger partial charge in [-0.25, -0.2) is 9.18 Å². The molecule has 1 fully saturated rings. The molecule has 1 saturated heterocycles. The zero-order valence-corrected chi connectivity index (χ0v) is 12.7. The summed E-state index contributed by atoms with van der Waals surface area (Å²) < 4.78 is 17.8. The fourth-order valence-corrected chi connectivity index (χ4v) is 2.51. The second-order valence-electron chi connectivity index (χ2n) is 5.33. The molecule has 0 unspecified atom stereocenters. The molecule has 0 radical (unpaired) electrons. The van der Waals surface area contributed by atoms with Crippen molar-refractivity contribution in [3.63, 3.8) is 0 Å². The van der Waals surface area contributed by atoms with Crippen molar-refractivity contribution in [2.24, 2.45) is 5.92 Å². The molecular formula is C16H21FN2O3. The highest BCUT2D eigenvalue weighted by atomic mass is 19.1. The second kappa shape index (κ2) is 7.77. The Bertz CT molecular complexity index is 519. The summed E-state index contributed by atoms with van der Waals surface area (Å²) >= 11 is 0. The van der Waals surface area contributed by atoms with Gasteiger partial charge in [0.15, 0.2) is 0 Å². The summed E-state index contributed by atoms with van der Waals surface area (Å²) in [5.74, 6) is -0.607. The normalized spacial score (nSPS) is 17.9. The van der Waals surface area contributed by atoms with Gasteiger partial charge in [-0.2, -0.15) is 0 Å². The van der Waals surface area contributed by atoms with Crippen molar-refractivity contribution in [1.82, 2.24) is 10.2 Å². The van der Waals surface area contributed by atoms with Crippen LogP contribution >= 0.6 is 0 Å². The van der Waals surface area contributed by atoms with Crippen molar-refractivity contribution in [2.45, 2.75) is 26.3 Å². The van der Waals surface area contributed by atoms with Gasteiger partial charge in [0.1, 0.15) is 5.82 Å². The van der Waals surface area contributed by atoms with Crippen LogP contribution in [0.2, 0.25) is 0 Å². The predicted octanol–water partition coefficient (Wildman–Crippen LogP) is 2.31. The Morgan fingerprint density at radius 1 is 1.36 bits per heavy atom. The van der Waals surface area contributed by atoms with Crippen LogP contribution in [-0.2, 0) is 16.1 Å². The Labute approximate surface area is 129 Å². The van der Waals surface area contributed by atoms with E-state index in [-0.39, 0.29) is 23.7 Å². The maximum atomic E-state index is 12.8. The maximum absolute atomic E-state index is 12.8. The molecule has 2 rings (SSSR count). The minimum atomic E-state index is -0.362. The van der Waals surface area contributed by atoms with Gasteiger partial charge in [0, 0.05) is 19.6 Å². The van der Waals surface area contributed by atoms with Crippen LogP contribution in [0.4, 0.5) is 9.18 Å². The molecule has 1 N–H and O–H groups in total. The summed E-state index contributed by atoms with van der Waals surface area (Å²) in [7, 11) is 0. The summed E-state index contributed by atoms with van der Waals surface area (Å²) in [6.45, 7) is 3.45. The molecule has 120 valence electrons. The smallest absolute Gasteiger partial charge is 0.409 e. The fourth-order valence-electron chi connectivity index (χ4n) is 2.51. The van der Waals surface area contributed by atoms with Gasteiger partial charge in [-0.3, -0.25) is 4.79 Å². The SMILES string of the molecule is CCOC(=O)N1CCC[C@@H](C(=O)NCc2ccc(F)cc2)C1. The second-order valence-corrected chi connectivity index (χ2v) is 5.33. The number of rotatable bonds is 4. The number of hydrogen-bond acceptors (Lipinski definition) is 3. The number of halogens is 1. The first-order valence-electron chi connectivity index (χ1n) is 7.54. The summed E-state index contributed by atoms with van der Waals surface area (Å²) in [6.07, 6.45) is 1.18. The van der Waals surface area contributed by atoms with Gasteiger partial charge in [0.25, 0.3) is 0 Å². The Hall–Kier alpha value is -2.11. The highest BCUT2D eigenvalue weighted by molar-refractivity contribution is 5.80. The van der Waals surface area contributed by atoms with E-state index in [1.165, 1.54) is 12.1 Å². The van der Waals surface area contributed by atoms with Crippen LogP contribution in [0.5, 0.6) is 0 Å². The first-order chi connectivity index (χ1) is 10.6. The number of likely N-dealkylation sites (tertiary alicyclic amines) is 1. The molecule has 0 aliphatic carbocycles. The van der Waals surface area contributed by atoms with E-state index in [9.17, 15) is 14.0 Å². The van der Waals surface area contributed by atoms with Crippen LogP contribution in [0.1, 0.15) is 25.3 Å². The molecule has 0 spiro atoms. The van der Waals surface area contributed by atoms with E-state index in [1.807, 2.05) is 0 Å². The molecule has 1 heterocycles. The van der Waals surface area contributed by atoms with Gasteiger partial charge >= 0.3 is 6.09 Å². The molecule has 0 aromatic heterocycles. The van der Waals surface area contributed by atoms with Crippen LogP contribution in [0.15, 0.2) is 24.3 Å². The third kappa shape index (κ3) is 4.44. The highest BCUT2D eigenvalue weighted by Gasteiger charge is 2.28. The lowest BCUT2D eigenvalue weighted by Crippen LogP contribution is -2.45. The minimum Gasteiger partial charge on any atom is -0.450 e. The largest absolute Gasteiger partial charge is 0.450 e. The molecule has 0 bridgehead atoms. The summed E-state index contributed by atoms with van der Waals surface area (Å²) in [5, 5.41) is 2.84. The van der Waals surface area contributed by atoms with E-state index in [0.29, 0.717) is 26.2 Å². The van der Waals surface area contributed by atoms with Gasteiger partial charge in [-0.1, -0.05) is 12.1 Å². The van der Waals surface area contributed by atoms with Crippen LogP contribution in [0.25, 0.3) is 0 Å². The zero-order chi connectivity index (χ0) is 15.9. The van der Waals surface area contributed by atoms with Crippen LogP contribution in [0, 0.1) is 11.7 Å². The van der Waals surface area contributed by atoms with E-state index in [0.717, 1.165) is 18.4 Å². The molecule has 0 saturated carbocycles. The number of amides is 2. The van der Waals surface area contributed by atoms with Crippen LogP contribution in [0.3, 0.4) is 0 Å². The lowest BCUT2D eigenvalue weighted by atomic mass is 9.97. The lowest BCUT2D eigenvalue weighted by Gasteiger charge is -2.31. The molecule has 1 aromatic carbocycles. The molecule has 5 nitrogen and oxygen atoms in total. The zero-order valence-electron chi connectivity index (χ0n) is 12.7. The average Bonchev–Trinajstić information content (AvgIpc) is 2.54. The van der Waals surface area contributed by atoms with Crippen molar-refractivity contribution in [3.05, 3.63) is 35.6 Å². The van der Waals surface area contributed by atoms with Gasteiger partial charge in [-0.15, -0.1) is 0 Å². The van der Waals surface area contributed by atoms with Crippen LogP contribution < -0.4 is 5.32 Å². The number of carbonyl (C=O) groups is 2. The Balaban J connectivity index is 1.83. The molecule has 1 atom stereocenters. The number of piperidine rings is 1. The van der Waals surface area contributed by atoms with E-state index >= 15 is 0 Å². The first kappa shape index (κ1) is 16.3. The van der Waals surface area contributed by atoms with Crippen molar-refractivity contribution in [2.75, 3.05) is 19.7 Å². The average molecular weight is 308 g/mol.